The summed E-state index contributed by atoms with van der Waals surface area (Å²) in [5.74, 6) is 2.19. The highest BCUT2D eigenvalue weighted by atomic mass is 32.1. The van der Waals surface area contributed by atoms with Crippen LogP contribution in [0.4, 0.5) is 5.82 Å². The number of piperazine rings is 1. The van der Waals surface area contributed by atoms with Crippen molar-refractivity contribution in [2.75, 3.05) is 31.1 Å². The molecule has 1 N–H and O–H groups in total. The first-order chi connectivity index (χ1) is 15.7. The molecule has 0 spiro atoms. The first-order valence-electron chi connectivity index (χ1n) is 11.2. The number of phenols is 1. The number of aromatic hydroxyl groups is 1. The molecule has 0 amide bonds. The number of anilines is 1. The third-order valence-electron chi connectivity index (χ3n) is 6.45. The zero-order valence-electron chi connectivity index (χ0n) is 17.9. The number of nitrogens with zero attached hydrogens (tertiary/aromatic N) is 5. The molecule has 4 heterocycles. The molecule has 6 rings (SSSR count). The van der Waals surface area contributed by atoms with Gasteiger partial charge in [-0.2, -0.15) is 0 Å². The molecule has 0 saturated carbocycles. The summed E-state index contributed by atoms with van der Waals surface area (Å²) in [6.45, 7) is 4.66. The number of aryl methyl sites for hydroxylation is 2. The summed E-state index contributed by atoms with van der Waals surface area (Å²) < 4.78 is 0. The van der Waals surface area contributed by atoms with Crippen molar-refractivity contribution < 1.29 is 5.11 Å². The average Bonchev–Trinajstić information content (AvgIpc) is 3.41. The highest BCUT2D eigenvalue weighted by Crippen LogP contribution is 2.41. The molecule has 32 heavy (non-hydrogen) atoms. The summed E-state index contributed by atoms with van der Waals surface area (Å²) in [5, 5.41) is 11.0. The van der Waals surface area contributed by atoms with Crippen molar-refractivity contribution in [2.45, 2.75) is 25.8 Å². The maximum absolute atomic E-state index is 9.77. The van der Waals surface area contributed by atoms with Crippen LogP contribution in [0.3, 0.4) is 0 Å². The van der Waals surface area contributed by atoms with E-state index in [0.717, 1.165) is 73.2 Å². The summed E-state index contributed by atoms with van der Waals surface area (Å²) >= 11 is 1.84. The molecule has 1 fully saturated rings. The number of phenolic OH excluding ortho intramolecular Hbond substituents is 1. The number of rotatable bonds is 4. The van der Waals surface area contributed by atoms with Crippen LogP contribution in [-0.2, 0) is 19.4 Å². The zero-order chi connectivity index (χ0) is 21.5. The Hall–Kier alpha value is -3.03. The molecule has 1 aliphatic heterocycles. The Morgan fingerprint density at radius 1 is 1.00 bits per heavy atom. The summed E-state index contributed by atoms with van der Waals surface area (Å²) in [4.78, 5) is 21.8. The van der Waals surface area contributed by atoms with Gasteiger partial charge in [-0.25, -0.2) is 9.97 Å². The van der Waals surface area contributed by atoms with Crippen molar-refractivity contribution >= 4 is 27.4 Å². The quantitative estimate of drug-likeness (QED) is 0.508. The van der Waals surface area contributed by atoms with Crippen molar-refractivity contribution in [2.24, 2.45) is 0 Å². The smallest absolute Gasteiger partial charge is 0.164 e. The van der Waals surface area contributed by atoms with Gasteiger partial charge < -0.3 is 10.0 Å². The zero-order valence-corrected chi connectivity index (χ0v) is 18.7. The molecule has 0 atom stereocenters. The van der Waals surface area contributed by atoms with Crippen molar-refractivity contribution in [3.8, 4) is 17.1 Å². The Labute approximate surface area is 191 Å². The highest BCUT2D eigenvalue weighted by Gasteiger charge is 2.27. The molecule has 3 aromatic heterocycles. The third-order valence-corrected chi connectivity index (χ3v) is 7.64. The molecule has 0 unspecified atom stereocenters. The normalized spacial score (nSPS) is 16.6. The van der Waals surface area contributed by atoms with Gasteiger partial charge in [0.15, 0.2) is 5.82 Å². The van der Waals surface area contributed by atoms with E-state index in [1.165, 1.54) is 22.2 Å². The molecule has 1 saturated heterocycles. The summed E-state index contributed by atoms with van der Waals surface area (Å²) in [6, 6.07) is 11.5. The number of fused-ring (bicyclic) bond motifs is 3. The standard InChI is InChI=1S/C25H25N5OS/c31-19-6-1-4-17(14-19)16-29-10-12-30(13-11-29)24-22-20-7-2-8-21(20)32-25(22)28-23(27-24)18-5-3-9-26-15-18/h1,3-6,9,14-15,31H,2,7-8,10-13,16H2. The van der Waals surface area contributed by atoms with Crippen molar-refractivity contribution in [1.82, 2.24) is 19.9 Å². The SMILES string of the molecule is Oc1cccc(CN2CCN(c3nc(-c4cccnc4)nc4sc5c(c34)CCC5)CC2)c1. The van der Waals surface area contributed by atoms with Gasteiger partial charge in [-0.1, -0.05) is 12.1 Å². The topological polar surface area (TPSA) is 65.4 Å². The minimum atomic E-state index is 0.332. The number of pyridine rings is 1. The predicted octanol–water partition coefficient (Wildman–Crippen LogP) is 4.27. The maximum atomic E-state index is 9.77. The van der Waals surface area contributed by atoms with Gasteiger partial charge in [-0.05, 0) is 54.7 Å². The van der Waals surface area contributed by atoms with Gasteiger partial charge in [-0.3, -0.25) is 9.88 Å². The van der Waals surface area contributed by atoms with E-state index in [0.29, 0.717) is 5.75 Å². The lowest BCUT2D eigenvalue weighted by Gasteiger charge is -2.36. The van der Waals surface area contributed by atoms with Gasteiger partial charge in [0.2, 0.25) is 0 Å². The lowest BCUT2D eigenvalue weighted by molar-refractivity contribution is 0.249. The molecule has 1 aromatic carbocycles. The number of aromatic nitrogens is 3. The molecule has 0 radical (unpaired) electrons. The van der Waals surface area contributed by atoms with Crippen molar-refractivity contribution in [1.29, 1.82) is 0 Å². The van der Waals surface area contributed by atoms with Gasteiger partial charge in [0.1, 0.15) is 16.4 Å². The minimum Gasteiger partial charge on any atom is -0.508 e. The van der Waals surface area contributed by atoms with Crippen LogP contribution in [0, 0.1) is 0 Å². The molecule has 0 bridgehead atoms. The minimum absolute atomic E-state index is 0.332. The van der Waals surface area contributed by atoms with E-state index in [1.807, 2.05) is 41.8 Å². The molecular weight excluding hydrogens is 418 g/mol. The average molecular weight is 444 g/mol. The number of hydrogen-bond acceptors (Lipinski definition) is 7. The Balaban J connectivity index is 1.31. The Morgan fingerprint density at radius 2 is 1.91 bits per heavy atom. The van der Waals surface area contributed by atoms with E-state index in [9.17, 15) is 5.11 Å². The second-order valence-electron chi connectivity index (χ2n) is 8.58. The van der Waals surface area contributed by atoms with E-state index in [1.54, 1.807) is 12.3 Å². The van der Waals surface area contributed by atoms with E-state index in [4.69, 9.17) is 9.97 Å². The molecule has 1 aliphatic carbocycles. The van der Waals surface area contributed by atoms with E-state index >= 15 is 0 Å². The number of hydrogen-bond donors (Lipinski definition) is 1. The maximum Gasteiger partial charge on any atom is 0.164 e. The fourth-order valence-electron chi connectivity index (χ4n) is 4.86. The van der Waals surface area contributed by atoms with E-state index in [-0.39, 0.29) is 0 Å². The monoisotopic (exact) mass is 443 g/mol. The lowest BCUT2D eigenvalue weighted by atomic mass is 10.1. The highest BCUT2D eigenvalue weighted by molar-refractivity contribution is 7.19. The van der Waals surface area contributed by atoms with Crippen LogP contribution < -0.4 is 4.90 Å². The van der Waals surface area contributed by atoms with Gasteiger partial charge in [0.25, 0.3) is 0 Å². The fourth-order valence-corrected chi connectivity index (χ4v) is 6.12. The van der Waals surface area contributed by atoms with Crippen molar-refractivity contribution in [3.05, 3.63) is 64.8 Å². The largest absolute Gasteiger partial charge is 0.508 e. The first kappa shape index (κ1) is 19.6. The molecule has 162 valence electrons. The summed E-state index contributed by atoms with van der Waals surface area (Å²) in [7, 11) is 0. The van der Waals surface area contributed by atoms with Gasteiger partial charge in [-0.15, -0.1) is 11.3 Å². The molecule has 4 aromatic rings. The molecule has 6 nitrogen and oxygen atoms in total. The second kappa shape index (κ2) is 8.15. The van der Waals surface area contributed by atoms with E-state index < -0.39 is 0 Å². The molecule has 2 aliphatic rings. The van der Waals surface area contributed by atoms with Crippen LogP contribution in [-0.4, -0.2) is 51.1 Å². The summed E-state index contributed by atoms with van der Waals surface area (Å²) in [6.07, 6.45) is 7.16. The second-order valence-corrected chi connectivity index (χ2v) is 9.67. The van der Waals surface area contributed by atoms with Gasteiger partial charge in [0.05, 0.1) is 5.39 Å². The van der Waals surface area contributed by atoms with Crippen LogP contribution in [0.5, 0.6) is 5.75 Å². The van der Waals surface area contributed by atoms with Crippen LogP contribution in [0.2, 0.25) is 0 Å². The first-order valence-corrected chi connectivity index (χ1v) is 12.0. The molecule has 7 heteroatoms. The van der Waals surface area contributed by atoms with Crippen LogP contribution in [0.15, 0.2) is 48.8 Å². The Kier molecular flexibility index (Phi) is 5.00. The Bertz CT molecular complexity index is 1260. The van der Waals surface area contributed by atoms with Gasteiger partial charge >= 0.3 is 0 Å². The molecular formula is C25H25N5OS. The van der Waals surface area contributed by atoms with E-state index in [2.05, 4.69) is 20.9 Å². The van der Waals surface area contributed by atoms with Gasteiger partial charge in [0, 0.05) is 55.6 Å². The fraction of sp³-hybridized carbons (Fsp3) is 0.320. The Morgan fingerprint density at radius 3 is 2.72 bits per heavy atom. The van der Waals surface area contributed by atoms with Crippen LogP contribution in [0.25, 0.3) is 21.6 Å². The van der Waals surface area contributed by atoms with Crippen LogP contribution >= 0.6 is 11.3 Å². The number of thiophene rings is 1. The van der Waals surface area contributed by atoms with Crippen molar-refractivity contribution in [3.63, 3.8) is 0 Å². The predicted molar refractivity (Wildman–Crippen MR) is 128 cm³/mol. The lowest BCUT2D eigenvalue weighted by Crippen LogP contribution is -2.46. The third kappa shape index (κ3) is 3.61. The summed E-state index contributed by atoms with van der Waals surface area (Å²) in [5.41, 5.74) is 3.59. The van der Waals surface area contributed by atoms with Crippen LogP contribution in [0.1, 0.15) is 22.4 Å². The number of benzene rings is 1.